The maximum absolute atomic E-state index is 13.5. The molecule has 0 radical (unpaired) electrons. The molecule has 0 aliphatic heterocycles. The maximum atomic E-state index is 13.5. The lowest BCUT2D eigenvalue weighted by Gasteiger charge is -2.15. The first-order chi connectivity index (χ1) is 15.6. The smallest absolute Gasteiger partial charge is 0.255 e. The predicted molar refractivity (Wildman–Crippen MR) is 124 cm³/mol. The van der Waals surface area contributed by atoms with Gasteiger partial charge in [0.1, 0.15) is 0 Å². The number of benzene rings is 3. The lowest BCUT2D eigenvalue weighted by molar-refractivity contribution is -0.136. The number of sulfone groups is 1. The minimum absolute atomic E-state index is 0.101. The zero-order chi connectivity index (χ0) is 23.8. The number of para-hydroxylation sites is 1. The average molecular weight is 468 g/mol. The molecule has 0 spiro atoms. The van der Waals surface area contributed by atoms with E-state index >= 15 is 0 Å². The van der Waals surface area contributed by atoms with E-state index in [9.17, 15) is 21.6 Å². The van der Waals surface area contributed by atoms with Crippen LogP contribution in [-0.2, 0) is 16.0 Å². The van der Waals surface area contributed by atoms with Gasteiger partial charge in [0, 0.05) is 17.0 Å². The van der Waals surface area contributed by atoms with Crippen molar-refractivity contribution in [3.63, 3.8) is 0 Å². The summed E-state index contributed by atoms with van der Waals surface area (Å²) in [5.74, 6) is 0. The molecule has 0 unspecified atom stereocenters. The van der Waals surface area contributed by atoms with E-state index in [0.717, 1.165) is 28.2 Å². The first-order valence-corrected chi connectivity index (χ1v) is 11.7. The van der Waals surface area contributed by atoms with Crippen LogP contribution in [0.2, 0.25) is 0 Å². The summed E-state index contributed by atoms with van der Waals surface area (Å²) in [6.45, 7) is 3.44. The summed E-state index contributed by atoms with van der Waals surface area (Å²) in [6.07, 6.45) is -1.60. The number of fused-ring (bicyclic) bond motifs is 1. The van der Waals surface area contributed by atoms with E-state index in [1.54, 1.807) is 44.2 Å². The second-order valence-corrected chi connectivity index (χ2v) is 9.47. The Labute approximate surface area is 190 Å². The second kappa shape index (κ2) is 8.48. The largest absolute Gasteiger partial charge is 0.418 e. The molecule has 0 bridgehead atoms. The lowest BCUT2D eigenvalue weighted by atomic mass is 9.93. The van der Waals surface area contributed by atoms with Crippen LogP contribution < -0.4 is 0 Å². The SMILES string of the molecule is C/C=C/S(=O)(=O)c1cccc(-c2cccc(-c3c(C)cnc4c(C(F)(F)F)cccc34)c2)c1. The molecule has 0 atom stereocenters. The van der Waals surface area contributed by atoms with Crippen LogP contribution in [0.1, 0.15) is 18.1 Å². The Morgan fingerprint density at radius 1 is 0.879 bits per heavy atom. The molecule has 1 aromatic heterocycles. The Morgan fingerprint density at radius 3 is 2.21 bits per heavy atom. The van der Waals surface area contributed by atoms with Gasteiger partial charge in [0.25, 0.3) is 0 Å². The van der Waals surface area contributed by atoms with Gasteiger partial charge in [0.05, 0.1) is 16.0 Å². The fraction of sp³-hybridized carbons (Fsp3) is 0.115. The molecule has 0 aliphatic rings. The van der Waals surface area contributed by atoms with Crippen LogP contribution in [-0.4, -0.2) is 13.4 Å². The minimum Gasteiger partial charge on any atom is -0.255 e. The van der Waals surface area contributed by atoms with Gasteiger partial charge >= 0.3 is 6.18 Å². The molecule has 3 aromatic carbocycles. The highest BCUT2D eigenvalue weighted by Crippen LogP contribution is 2.39. The van der Waals surface area contributed by atoms with Gasteiger partial charge in [-0.1, -0.05) is 48.5 Å². The molecule has 7 heteroatoms. The minimum atomic E-state index is -4.51. The number of allylic oxidation sites excluding steroid dienone is 1. The van der Waals surface area contributed by atoms with Gasteiger partial charge in [-0.2, -0.15) is 13.2 Å². The predicted octanol–water partition coefficient (Wildman–Crippen LogP) is 7.20. The fourth-order valence-electron chi connectivity index (χ4n) is 3.90. The van der Waals surface area contributed by atoms with Crippen LogP contribution in [0.3, 0.4) is 0 Å². The van der Waals surface area contributed by atoms with Crippen LogP contribution in [0.4, 0.5) is 13.2 Å². The van der Waals surface area contributed by atoms with Crippen molar-refractivity contribution in [1.82, 2.24) is 4.98 Å². The zero-order valence-electron chi connectivity index (χ0n) is 17.9. The molecule has 0 saturated heterocycles. The highest BCUT2D eigenvalue weighted by atomic mass is 32.2. The first-order valence-electron chi connectivity index (χ1n) is 10.2. The number of pyridine rings is 1. The Morgan fingerprint density at radius 2 is 1.52 bits per heavy atom. The van der Waals surface area contributed by atoms with Crippen molar-refractivity contribution >= 4 is 20.7 Å². The summed E-state index contributed by atoms with van der Waals surface area (Å²) in [7, 11) is -3.55. The molecule has 168 valence electrons. The Balaban J connectivity index is 1.89. The van der Waals surface area contributed by atoms with Gasteiger partial charge < -0.3 is 0 Å². The number of nitrogens with zero attached hydrogens (tertiary/aromatic N) is 1. The van der Waals surface area contributed by atoms with Crippen LogP contribution in [0.25, 0.3) is 33.2 Å². The maximum Gasteiger partial charge on any atom is 0.418 e. The molecule has 0 aliphatic carbocycles. The molecule has 0 amide bonds. The summed E-state index contributed by atoms with van der Waals surface area (Å²) in [6, 6.07) is 18.0. The van der Waals surface area contributed by atoms with E-state index in [2.05, 4.69) is 4.98 Å². The fourth-order valence-corrected chi connectivity index (χ4v) is 4.97. The van der Waals surface area contributed by atoms with Crippen LogP contribution in [0, 0.1) is 6.92 Å². The monoisotopic (exact) mass is 467 g/mol. The van der Waals surface area contributed by atoms with Crippen molar-refractivity contribution in [3.8, 4) is 22.3 Å². The number of aromatic nitrogens is 1. The van der Waals surface area contributed by atoms with E-state index in [-0.39, 0.29) is 10.4 Å². The molecule has 0 saturated carbocycles. The third-order valence-corrected chi connectivity index (χ3v) is 6.90. The lowest BCUT2D eigenvalue weighted by Crippen LogP contribution is -2.07. The number of rotatable bonds is 4. The van der Waals surface area contributed by atoms with E-state index < -0.39 is 21.6 Å². The molecule has 1 heterocycles. The number of aryl methyl sites for hydroxylation is 1. The normalized spacial score (nSPS) is 12.5. The molecule has 4 aromatic rings. The van der Waals surface area contributed by atoms with Gasteiger partial charge in [-0.05, 0) is 65.9 Å². The molecule has 33 heavy (non-hydrogen) atoms. The Hall–Kier alpha value is -3.45. The molecule has 0 fully saturated rings. The van der Waals surface area contributed by atoms with Crippen LogP contribution in [0.15, 0.2) is 89.3 Å². The van der Waals surface area contributed by atoms with Crippen LogP contribution in [0.5, 0.6) is 0 Å². The first kappa shape index (κ1) is 22.7. The molecule has 3 nitrogen and oxygen atoms in total. The quantitative estimate of drug-likeness (QED) is 0.319. The third-order valence-electron chi connectivity index (χ3n) is 5.35. The topological polar surface area (TPSA) is 47.0 Å². The summed E-state index contributed by atoms with van der Waals surface area (Å²) in [4.78, 5) is 4.25. The number of alkyl halides is 3. The van der Waals surface area contributed by atoms with E-state index in [1.165, 1.54) is 24.4 Å². The van der Waals surface area contributed by atoms with Crippen molar-refractivity contribution in [2.24, 2.45) is 0 Å². The van der Waals surface area contributed by atoms with Crippen molar-refractivity contribution in [2.45, 2.75) is 24.9 Å². The summed E-state index contributed by atoms with van der Waals surface area (Å²) in [5.41, 5.74) is 2.68. The van der Waals surface area contributed by atoms with Crippen molar-refractivity contribution < 1.29 is 21.6 Å². The zero-order valence-corrected chi connectivity index (χ0v) is 18.7. The molecular weight excluding hydrogens is 447 g/mol. The highest BCUT2D eigenvalue weighted by Gasteiger charge is 2.33. The standard InChI is InChI=1S/C26H20F3NO2S/c1-3-13-33(31,32)21-10-5-8-19(15-21)18-7-4-9-20(14-18)24-17(2)16-30-25-22(24)11-6-12-23(25)26(27,28)29/h3-16H,1-2H3/b13-3+. The van der Waals surface area contributed by atoms with E-state index in [1.807, 2.05) is 18.2 Å². The van der Waals surface area contributed by atoms with Crippen molar-refractivity contribution in [1.29, 1.82) is 0 Å². The van der Waals surface area contributed by atoms with E-state index in [0.29, 0.717) is 16.5 Å². The number of hydrogen-bond acceptors (Lipinski definition) is 3. The Bertz CT molecular complexity index is 1490. The summed E-state index contributed by atoms with van der Waals surface area (Å²) < 4.78 is 65.4. The average Bonchev–Trinajstić information content (AvgIpc) is 2.78. The number of halogens is 3. The number of hydrogen-bond donors (Lipinski definition) is 0. The van der Waals surface area contributed by atoms with E-state index in [4.69, 9.17) is 0 Å². The third kappa shape index (κ3) is 4.41. The molecular formula is C26H20F3NO2S. The van der Waals surface area contributed by atoms with Crippen molar-refractivity contribution in [2.75, 3.05) is 0 Å². The summed E-state index contributed by atoms with van der Waals surface area (Å²) >= 11 is 0. The highest BCUT2D eigenvalue weighted by molar-refractivity contribution is 7.94. The molecule has 0 N–H and O–H groups in total. The van der Waals surface area contributed by atoms with Crippen LogP contribution >= 0.6 is 0 Å². The van der Waals surface area contributed by atoms with Gasteiger partial charge in [-0.15, -0.1) is 0 Å². The summed E-state index contributed by atoms with van der Waals surface area (Å²) in [5, 5.41) is 1.55. The second-order valence-electron chi connectivity index (χ2n) is 7.64. The van der Waals surface area contributed by atoms with Crippen molar-refractivity contribution in [3.05, 3.63) is 95.5 Å². The Kier molecular flexibility index (Phi) is 5.84. The van der Waals surface area contributed by atoms with Gasteiger partial charge in [0.2, 0.25) is 0 Å². The molecule has 4 rings (SSSR count). The van der Waals surface area contributed by atoms with Gasteiger partial charge in [-0.3, -0.25) is 4.98 Å². The van der Waals surface area contributed by atoms with Gasteiger partial charge in [0.15, 0.2) is 9.84 Å². The van der Waals surface area contributed by atoms with Gasteiger partial charge in [-0.25, -0.2) is 8.42 Å².